The summed E-state index contributed by atoms with van der Waals surface area (Å²) in [7, 11) is 0. The largest absolute Gasteiger partial charge is 0.480 e. The summed E-state index contributed by atoms with van der Waals surface area (Å²) in [4.78, 5) is 32.7. The van der Waals surface area contributed by atoms with Gasteiger partial charge in [0.05, 0.1) is 5.56 Å². The van der Waals surface area contributed by atoms with Crippen LogP contribution in [-0.2, 0) is 22.3 Å². The summed E-state index contributed by atoms with van der Waals surface area (Å²) in [5.41, 5.74) is -2.11. The summed E-state index contributed by atoms with van der Waals surface area (Å²) in [6.45, 7) is -1.18. The van der Waals surface area contributed by atoms with Crippen molar-refractivity contribution in [2.75, 3.05) is 6.54 Å². The lowest BCUT2D eigenvalue weighted by molar-refractivity contribution is -0.138. The lowest BCUT2D eigenvalue weighted by atomic mass is 10.2. The minimum Gasteiger partial charge on any atom is -0.480 e. The summed E-state index contributed by atoms with van der Waals surface area (Å²) in [5, 5.41) is 10.3. The average molecular weight is 278 g/mol. The Morgan fingerprint density at radius 2 is 2.00 bits per heavy atom. The predicted octanol–water partition coefficient (Wildman–Crippen LogP) is 0.0679. The zero-order chi connectivity index (χ0) is 14.6. The highest BCUT2D eigenvalue weighted by atomic mass is 19.4. The van der Waals surface area contributed by atoms with Gasteiger partial charge in [0.2, 0.25) is 5.91 Å². The van der Waals surface area contributed by atoms with E-state index in [-0.39, 0.29) is 0 Å². The van der Waals surface area contributed by atoms with E-state index in [1.54, 1.807) is 0 Å². The van der Waals surface area contributed by atoms with Crippen LogP contribution in [0, 0.1) is 0 Å². The molecule has 0 bridgehead atoms. The third-order valence-corrected chi connectivity index (χ3v) is 2.07. The summed E-state index contributed by atoms with van der Waals surface area (Å²) >= 11 is 0. The molecule has 0 spiro atoms. The van der Waals surface area contributed by atoms with Gasteiger partial charge in [-0.3, -0.25) is 14.4 Å². The van der Waals surface area contributed by atoms with Crippen molar-refractivity contribution in [3.05, 3.63) is 34.2 Å². The molecule has 19 heavy (non-hydrogen) atoms. The second kappa shape index (κ2) is 5.55. The van der Waals surface area contributed by atoms with Crippen LogP contribution in [0.25, 0.3) is 0 Å². The Labute approximate surface area is 104 Å². The van der Waals surface area contributed by atoms with Crippen LogP contribution < -0.4 is 10.9 Å². The maximum atomic E-state index is 12.3. The first-order valence-corrected chi connectivity index (χ1v) is 4.96. The van der Waals surface area contributed by atoms with Gasteiger partial charge in [-0.25, -0.2) is 0 Å². The van der Waals surface area contributed by atoms with Crippen LogP contribution in [-0.4, -0.2) is 28.1 Å². The van der Waals surface area contributed by atoms with Gasteiger partial charge in [-0.1, -0.05) is 0 Å². The maximum absolute atomic E-state index is 12.3. The van der Waals surface area contributed by atoms with E-state index >= 15 is 0 Å². The van der Waals surface area contributed by atoms with E-state index in [2.05, 4.69) is 0 Å². The second-order valence-electron chi connectivity index (χ2n) is 3.55. The van der Waals surface area contributed by atoms with Gasteiger partial charge in [0.25, 0.3) is 5.56 Å². The zero-order valence-electron chi connectivity index (χ0n) is 9.40. The SMILES string of the molecule is O=C(O)CNC(=O)Cn1ccc(C(F)(F)F)cc1=O. The lowest BCUT2D eigenvalue weighted by Crippen LogP contribution is -2.35. The smallest absolute Gasteiger partial charge is 0.416 e. The first-order valence-electron chi connectivity index (χ1n) is 4.96. The quantitative estimate of drug-likeness (QED) is 0.815. The van der Waals surface area contributed by atoms with Crippen LogP contribution in [0.4, 0.5) is 13.2 Å². The van der Waals surface area contributed by atoms with Gasteiger partial charge in [-0.2, -0.15) is 13.2 Å². The van der Waals surface area contributed by atoms with Gasteiger partial charge in [-0.05, 0) is 6.07 Å². The molecule has 0 aliphatic rings. The number of pyridine rings is 1. The minimum atomic E-state index is -4.64. The van der Waals surface area contributed by atoms with Crippen molar-refractivity contribution in [1.29, 1.82) is 0 Å². The Kier molecular flexibility index (Phi) is 4.30. The molecule has 0 aromatic carbocycles. The number of alkyl halides is 3. The Balaban J connectivity index is 2.78. The molecule has 1 amide bonds. The topological polar surface area (TPSA) is 88.4 Å². The molecular weight excluding hydrogens is 269 g/mol. The molecule has 0 saturated heterocycles. The number of nitrogens with one attached hydrogen (secondary N) is 1. The maximum Gasteiger partial charge on any atom is 0.416 e. The molecule has 2 N–H and O–H groups in total. The van der Waals surface area contributed by atoms with E-state index in [0.717, 1.165) is 10.8 Å². The lowest BCUT2D eigenvalue weighted by Gasteiger charge is -2.09. The van der Waals surface area contributed by atoms with E-state index < -0.39 is 42.3 Å². The van der Waals surface area contributed by atoms with Crippen LogP contribution in [0.3, 0.4) is 0 Å². The third-order valence-electron chi connectivity index (χ3n) is 2.07. The summed E-state index contributed by atoms with van der Waals surface area (Å²) in [6.07, 6.45) is -3.81. The number of aromatic nitrogens is 1. The molecule has 1 aromatic heterocycles. The van der Waals surface area contributed by atoms with Crippen molar-refractivity contribution in [2.45, 2.75) is 12.7 Å². The number of rotatable bonds is 4. The molecule has 1 heterocycles. The van der Waals surface area contributed by atoms with Crippen molar-refractivity contribution in [3.8, 4) is 0 Å². The van der Waals surface area contributed by atoms with E-state index in [9.17, 15) is 27.6 Å². The number of hydrogen-bond donors (Lipinski definition) is 2. The fraction of sp³-hybridized carbons (Fsp3) is 0.300. The number of carbonyl (C=O) groups excluding carboxylic acids is 1. The molecular formula is C10H9F3N2O4. The normalized spacial score (nSPS) is 11.1. The van der Waals surface area contributed by atoms with Crippen LogP contribution in [0.5, 0.6) is 0 Å². The second-order valence-corrected chi connectivity index (χ2v) is 3.55. The molecule has 0 radical (unpaired) electrons. The number of hydrogen-bond acceptors (Lipinski definition) is 3. The highest BCUT2D eigenvalue weighted by molar-refractivity contribution is 5.80. The van der Waals surface area contributed by atoms with Gasteiger partial charge >= 0.3 is 12.1 Å². The van der Waals surface area contributed by atoms with Gasteiger partial charge in [0, 0.05) is 12.3 Å². The number of nitrogens with zero attached hydrogens (tertiary/aromatic N) is 1. The molecule has 0 atom stereocenters. The predicted molar refractivity (Wildman–Crippen MR) is 56.3 cm³/mol. The van der Waals surface area contributed by atoms with Crippen LogP contribution in [0.1, 0.15) is 5.56 Å². The number of carboxylic acids is 1. The average Bonchev–Trinajstić information content (AvgIpc) is 2.27. The van der Waals surface area contributed by atoms with Gasteiger partial charge in [0.1, 0.15) is 13.1 Å². The van der Waals surface area contributed by atoms with Gasteiger partial charge in [0.15, 0.2) is 0 Å². The van der Waals surface area contributed by atoms with E-state index in [1.807, 2.05) is 5.32 Å². The van der Waals surface area contributed by atoms with Crippen LogP contribution >= 0.6 is 0 Å². The standard InChI is InChI=1S/C10H9F3N2O4/c11-10(12,13)6-1-2-15(8(17)3-6)5-7(16)14-4-9(18)19/h1-3H,4-5H2,(H,14,16)(H,18,19). The number of amides is 1. The number of aliphatic carboxylic acids is 1. The molecule has 6 nitrogen and oxygen atoms in total. The van der Waals surface area contributed by atoms with E-state index in [4.69, 9.17) is 5.11 Å². The van der Waals surface area contributed by atoms with Crippen LogP contribution in [0.15, 0.2) is 23.1 Å². The van der Waals surface area contributed by atoms with E-state index in [0.29, 0.717) is 12.1 Å². The number of carboxylic acid groups (broad SMARTS) is 1. The monoisotopic (exact) mass is 278 g/mol. The molecule has 0 aliphatic heterocycles. The first-order chi connectivity index (χ1) is 8.70. The molecule has 1 aromatic rings. The van der Waals surface area contributed by atoms with Crippen LogP contribution in [0.2, 0.25) is 0 Å². The summed E-state index contributed by atoms with van der Waals surface area (Å²) in [5.74, 6) is -2.06. The Hall–Kier alpha value is -2.32. The van der Waals surface area contributed by atoms with Crippen molar-refractivity contribution in [3.63, 3.8) is 0 Å². The molecule has 9 heteroatoms. The van der Waals surface area contributed by atoms with Crippen molar-refractivity contribution in [2.24, 2.45) is 0 Å². The van der Waals surface area contributed by atoms with Gasteiger partial charge in [-0.15, -0.1) is 0 Å². The molecule has 0 unspecified atom stereocenters. The highest BCUT2D eigenvalue weighted by Gasteiger charge is 2.30. The Morgan fingerprint density at radius 3 is 2.47 bits per heavy atom. The van der Waals surface area contributed by atoms with Gasteiger partial charge < -0.3 is 15.0 Å². The molecule has 104 valence electrons. The molecule has 0 saturated carbocycles. The van der Waals surface area contributed by atoms with Crippen molar-refractivity contribution >= 4 is 11.9 Å². The first kappa shape index (κ1) is 14.7. The fourth-order valence-electron chi connectivity index (χ4n) is 1.20. The third kappa shape index (κ3) is 4.45. The zero-order valence-corrected chi connectivity index (χ0v) is 9.40. The number of carbonyl (C=O) groups is 2. The summed E-state index contributed by atoms with van der Waals surface area (Å²) in [6, 6.07) is 1.02. The van der Waals surface area contributed by atoms with Crippen molar-refractivity contribution < 1.29 is 27.9 Å². The fourth-order valence-corrected chi connectivity index (χ4v) is 1.20. The Bertz CT molecular complexity index is 550. The molecule has 0 fully saturated rings. The molecule has 0 aliphatic carbocycles. The summed E-state index contributed by atoms with van der Waals surface area (Å²) < 4.78 is 37.6. The molecule has 1 rings (SSSR count). The Morgan fingerprint density at radius 1 is 1.37 bits per heavy atom. The number of halogens is 3. The van der Waals surface area contributed by atoms with E-state index in [1.165, 1.54) is 0 Å². The van der Waals surface area contributed by atoms with Crippen molar-refractivity contribution in [1.82, 2.24) is 9.88 Å². The highest BCUT2D eigenvalue weighted by Crippen LogP contribution is 2.27. The minimum absolute atomic E-state index is 0.366.